The third-order valence-electron chi connectivity index (χ3n) is 5.38. The van der Waals surface area contributed by atoms with Gasteiger partial charge >= 0.3 is 0 Å². The van der Waals surface area contributed by atoms with E-state index in [0.29, 0.717) is 5.41 Å². The second kappa shape index (κ2) is 5.82. The molecule has 1 heterocycles. The molecule has 0 amide bonds. The van der Waals surface area contributed by atoms with Crippen LogP contribution in [0.15, 0.2) is 6.33 Å². The molecule has 1 aromatic heterocycles. The number of aromatic nitrogens is 3. The van der Waals surface area contributed by atoms with Gasteiger partial charge in [-0.25, -0.2) is 4.98 Å². The fraction of sp³-hybridized carbons (Fsp3) is 0.867. The number of methoxy groups -OCH3 is 1. The van der Waals surface area contributed by atoms with E-state index in [1.165, 1.54) is 25.7 Å². The number of hydrogen-bond acceptors (Lipinski definition) is 4. The van der Waals surface area contributed by atoms with Gasteiger partial charge in [0, 0.05) is 33.7 Å². The van der Waals surface area contributed by atoms with E-state index in [-0.39, 0.29) is 0 Å². The second-order valence-corrected chi connectivity index (χ2v) is 6.59. The Labute approximate surface area is 121 Å². The van der Waals surface area contributed by atoms with Crippen molar-refractivity contribution in [2.75, 3.05) is 26.8 Å². The molecule has 1 N–H and O–H groups in total. The summed E-state index contributed by atoms with van der Waals surface area (Å²) in [4.78, 5) is 4.45. The van der Waals surface area contributed by atoms with E-state index >= 15 is 0 Å². The van der Waals surface area contributed by atoms with Gasteiger partial charge in [0.15, 0.2) is 0 Å². The highest BCUT2D eigenvalue weighted by molar-refractivity contribution is 5.06. The summed E-state index contributed by atoms with van der Waals surface area (Å²) >= 11 is 0. The zero-order valence-corrected chi connectivity index (χ0v) is 12.6. The summed E-state index contributed by atoms with van der Waals surface area (Å²) in [7, 11) is 3.76. The van der Waals surface area contributed by atoms with Gasteiger partial charge in [-0.2, -0.15) is 5.10 Å². The predicted octanol–water partition coefficient (Wildman–Crippen LogP) is 1.40. The first kappa shape index (κ1) is 14.0. The first-order valence-electron chi connectivity index (χ1n) is 7.76. The maximum Gasteiger partial charge on any atom is 0.138 e. The van der Waals surface area contributed by atoms with Gasteiger partial charge in [0.25, 0.3) is 0 Å². The number of nitrogens with one attached hydrogen (secondary N) is 1. The predicted molar refractivity (Wildman–Crippen MR) is 77.3 cm³/mol. The Kier molecular flexibility index (Phi) is 4.08. The lowest BCUT2D eigenvalue weighted by Gasteiger charge is -2.38. The highest BCUT2D eigenvalue weighted by Crippen LogP contribution is 2.56. The minimum Gasteiger partial charge on any atom is -0.383 e. The van der Waals surface area contributed by atoms with Crippen LogP contribution in [0, 0.1) is 17.3 Å². The van der Waals surface area contributed by atoms with Crippen LogP contribution < -0.4 is 5.32 Å². The molecule has 20 heavy (non-hydrogen) atoms. The van der Waals surface area contributed by atoms with Gasteiger partial charge in [-0.05, 0) is 36.5 Å². The van der Waals surface area contributed by atoms with E-state index in [2.05, 4.69) is 15.4 Å². The number of fused-ring (bicyclic) bond motifs is 2. The van der Waals surface area contributed by atoms with E-state index in [9.17, 15) is 0 Å². The summed E-state index contributed by atoms with van der Waals surface area (Å²) in [5, 5.41) is 7.83. The average molecular weight is 278 g/mol. The van der Waals surface area contributed by atoms with Gasteiger partial charge in [0.1, 0.15) is 12.2 Å². The standard InChI is InChI=1S/C15H26N4O/c1-19-14(17-11-18-19)9-15(10-16-5-6-20-2)8-12-3-4-13(15)7-12/h11-13,16H,3-10H2,1-2H3. The quantitative estimate of drug-likeness (QED) is 0.766. The zero-order valence-electron chi connectivity index (χ0n) is 12.6. The van der Waals surface area contributed by atoms with Crippen LogP contribution in [-0.4, -0.2) is 41.6 Å². The Morgan fingerprint density at radius 2 is 2.40 bits per heavy atom. The number of hydrogen-bond donors (Lipinski definition) is 1. The Morgan fingerprint density at radius 3 is 3.00 bits per heavy atom. The molecule has 0 radical (unpaired) electrons. The zero-order chi connectivity index (χ0) is 14.0. The Balaban J connectivity index is 1.69. The third-order valence-corrected chi connectivity index (χ3v) is 5.38. The van der Waals surface area contributed by atoms with Crippen molar-refractivity contribution in [3.8, 4) is 0 Å². The van der Waals surface area contributed by atoms with Crippen molar-refractivity contribution in [3.05, 3.63) is 12.2 Å². The molecule has 2 aliphatic rings. The van der Waals surface area contributed by atoms with E-state index in [1.54, 1.807) is 13.4 Å². The van der Waals surface area contributed by atoms with Gasteiger partial charge < -0.3 is 10.1 Å². The fourth-order valence-electron chi connectivity index (χ4n) is 4.36. The van der Waals surface area contributed by atoms with Crippen molar-refractivity contribution in [3.63, 3.8) is 0 Å². The first-order chi connectivity index (χ1) is 9.73. The molecule has 2 saturated carbocycles. The van der Waals surface area contributed by atoms with Crippen LogP contribution in [0.5, 0.6) is 0 Å². The SMILES string of the molecule is COCCNCC1(Cc2ncnn2C)CC2CCC1C2. The average Bonchev–Trinajstić information content (AvgIpc) is 3.13. The van der Waals surface area contributed by atoms with Gasteiger partial charge in [-0.15, -0.1) is 0 Å². The monoisotopic (exact) mass is 278 g/mol. The van der Waals surface area contributed by atoms with Crippen molar-refractivity contribution in [1.29, 1.82) is 0 Å². The van der Waals surface area contributed by atoms with Gasteiger partial charge in [0.2, 0.25) is 0 Å². The van der Waals surface area contributed by atoms with Crippen molar-refractivity contribution >= 4 is 0 Å². The van der Waals surface area contributed by atoms with Crippen LogP contribution in [0.1, 0.15) is 31.5 Å². The van der Waals surface area contributed by atoms with E-state index < -0.39 is 0 Å². The summed E-state index contributed by atoms with van der Waals surface area (Å²) in [6, 6.07) is 0. The maximum atomic E-state index is 5.14. The van der Waals surface area contributed by atoms with Crippen LogP contribution >= 0.6 is 0 Å². The Bertz CT molecular complexity index is 447. The Morgan fingerprint density at radius 1 is 1.50 bits per heavy atom. The highest BCUT2D eigenvalue weighted by Gasteiger charge is 2.50. The number of nitrogens with zero attached hydrogens (tertiary/aromatic N) is 3. The van der Waals surface area contributed by atoms with E-state index in [4.69, 9.17) is 4.74 Å². The molecule has 0 saturated heterocycles. The molecule has 0 aromatic carbocycles. The van der Waals surface area contributed by atoms with Crippen molar-refractivity contribution in [2.45, 2.75) is 32.1 Å². The van der Waals surface area contributed by atoms with Crippen molar-refractivity contribution in [1.82, 2.24) is 20.1 Å². The van der Waals surface area contributed by atoms with Crippen LogP contribution in [0.2, 0.25) is 0 Å². The van der Waals surface area contributed by atoms with Gasteiger partial charge in [-0.3, -0.25) is 4.68 Å². The molecule has 5 heteroatoms. The highest BCUT2D eigenvalue weighted by atomic mass is 16.5. The lowest BCUT2D eigenvalue weighted by atomic mass is 9.70. The fourth-order valence-corrected chi connectivity index (χ4v) is 4.36. The molecule has 3 rings (SSSR count). The van der Waals surface area contributed by atoms with Crippen molar-refractivity contribution in [2.24, 2.45) is 24.3 Å². The molecule has 112 valence electrons. The molecule has 1 aromatic rings. The number of rotatable bonds is 7. The third kappa shape index (κ3) is 2.61. The number of aryl methyl sites for hydroxylation is 1. The summed E-state index contributed by atoms with van der Waals surface area (Å²) in [5.74, 6) is 2.93. The molecule has 2 aliphatic carbocycles. The Hall–Kier alpha value is -0.940. The van der Waals surface area contributed by atoms with Crippen LogP contribution in [0.25, 0.3) is 0 Å². The van der Waals surface area contributed by atoms with E-state index in [0.717, 1.165) is 43.8 Å². The second-order valence-electron chi connectivity index (χ2n) is 6.59. The molecule has 0 spiro atoms. The normalized spacial score (nSPS) is 32.1. The summed E-state index contributed by atoms with van der Waals surface area (Å²) < 4.78 is 7.07. The molecule has 2 bridgehead atoms. The number of ether oxygens (including phenoxy) is 1. The summed E-state index contributed by atoms with van der Waals surface area (Å²) in [6.07, 6.45) is 8.34. The van der Waals surface area contributed by atoms with Gasteiger partial charge in [0.05, 0.1) is 6.61 Å². The minimum atomic E-state index is 0.386. The van der Waals surface area contributed by atoms with E-state index in [1.807, 2.05) is 11.7 Å². The maximum absolute atomic E-state index is 5.14. The van der Waals surface area contributed by atoms with Gasteiger partial charge in [-0.1, -0.05) is 6.42 Å². The van der Waals surface area contributed by atoms with Crippen LogP contribution in [0.4, 0.5) is 0 Å². The largest absolute Gasteiger partial charge is 0.383 e. The summed E-state index contributed by atoms with van der Waals surface area (Å²) in [5.41, 5.74) is 0.386. The topological polar surface area (TPSA) is 52.0 Å². The molecule has 3 atom stereocenters. The first-order valence-corrected chi connectivity index (χ1v) is 7.76. The van der Waals surface area contributed by atoms with Crippen LogP contribution in [-0.2, 0) is 18.2 Å². The molecule has 5 nitrogen and oxygen atoms in total. The molecule has 3 unspecified atom stereocenters. The smallest absolute Gasteiger partial charge is 0.138 e. The summed E-state index contributed by atoms with van der Waals surface area (Å²) in [6.45, 7) is 2.81. The molecule has 2 fully saturated rings. The molecular formula is C15H26N4O. The molecular weight excluding hydrogens is 252 g/mol. The van der Waals surface area contributed by atoms with Crippen molar-refractivity contribution < 1.29 is 4.74 Å². The minimum absolute atomic E-state index is 0.386. The van der Waals surface area contributed by atoms with Crippen LogP contribution in [0.3, 0.4) is 0 Å². The molecule has 0 aliphatic heterocycles. The lowest BCUT2D eigenvalue weighted by molar-refractivity contribution is 0.141. The lowest BCUT2D eigenvalue weighted by Crippen LogP contribution is -2.42.